The summed E-state index contributed by atoms with van der Waals surface area (Å²) in [5.41, 5.74) is 0.986. The van der Waals surface area contributed by atoms with Gasteiger partial charge in [0.15, 0.2) is 5.82 Å². The molecule has 1 saturated heterocycles. The van der Waals surface area contributed by atoms with Crippen LogP contribution in [0.5, 0.6) is 0 Å². The van der Waals surface area contributed by atoms with E-state index in [0.29, 0.717) is 25.6 Å². The molecular weight excluding hydrogens is 350 g/mol. The number of carbonyl (C=O) groups excluding carboxylic acids is 2. The number of hydrogen-bond acceptors (Lipinski definition) is 6. The summed E-state index contributed by atoms with van der Waals surface area (Å²) in [5.74, 6) is -0.292. The molecule has 1 aliphatic heterocycles. The van der Waals surface area contributed by atoms with Gasteiger partial charge in [-0.2, -0.15) is 0 Å². The van der Waals surface area contributed by atoms with Gasteiger partial charge in [-0.3, -0.25) is 9.59 Å². The second kappa shape index (κ2) is 9.84. The molecule has 0 saturated carbocycles. The highest BCUT2D eigenvalue weighted by Gasteiger charge is 2.24. The van der Waals surface area contributed by atoms with E-state index in [2.05, 4.69) is 15.0 Å². The molecule has 144 valence electrons. The van der Waals surface area contributed by atoms with Gasteiger partial charge in [-0.1, -0.05) is 35.5 Å². The maximum absolute atomic E-state index is 12.6. The highest BCUT2D eigenvalue weighted by molar-refractivity contribution is 5.93. The van der Waals surface area contributed by atoms with Crippen molar-refractivity contribution in [2.45, 2.75) is 25.6 Å². The van der Waals surface area contributed by atoms with Gasteiger partial charge < -0.3 is 24.2 Å². The van der Waals surface area contributed by atoms with Gasteiger partial charge in [0, 0.05) is 19.2 Å². The van der Waals surface area contributed by atoms with Crippen molar-refractivity contribution in [2.24, 2.45) is 0 Å². The number of benzene rings is 1. The Morgan fingerprint density at radius 3 is 2.81 bits per heavy atom. The van der Waals surface area contributed by atoms with Gasteiger partial charge in [0.25, 0.3) is 0 Å². The van der Waals surface area contributed by atoms with Crippen LogP contribution < -0.4 is 5.32 Å². The third kappa shape index (κ3) is 6.19. The molecular formula is C19H23N3O5. The molecule has 2 amide bonds. The number of ether oxygens (including phenoxy) is 2. The predicted octanol–water partition coefficient (Wildman–Crippen LogP) is 1.84. The highest BCUT2D eigenvalue weighted by atomic mass is 16.5. The number of amides is 2. The Morgan fingerprint density at radius 1 is 1.26 bits per heavy atom. The Morgan fingerprint density at radius 2 is 2.11 bits per heavy atom. The zero-order valence-corrected chi connectivity index (χ0v) is 15.0. The van der Waals surface area contributed by atoms with E-state index in [0.717, 1.165) is 18.4 Å². The van der Waals surface area contributed by atoms with Crippen molar-refractivity contribution < 1.29 is 23.6 Å². The monoisotopic (exact) mass is 373 g/mol. The van der Waals surface area contributed by atoms with E-state index in [1.165, 1.54) is 17.2 Å². The number of hydrogen-bond donors (Lipinski definition) is 1. The standard InChI is InChI=1S/C19H23N3O5/c23-18(20-17-8-10-27-21-17)12-22(11-16-7-4-9-26-16)19(24)14-25-13-15-5-2-1-3-6-15/h1-3,5-6,8,10,16H,4,7,9,11-14H2,(H,20,21,23). The second-order valence-corrected chi connectivity index (χ2v) is 6.32. The average Bonchev–Trinajstić information content (AvgIpc) is 3.36. The fraction of sp³-hybridized carbons (Fsp3) is 0.421. The lowest BCUT2D eigenvalue weighted by atomic mass is 10.2. The molecule has 27 heavy (non-hydrogen) atoms. The van der Waals surface area contributed by atoms with Crippen LogP contribution in [0.2, 0.25) is 0 Å². The topological polar surface area (TPSA) is 93.9 Å². The molecule has 0 radical (unpaired) electrons. The minimum Gasteiger partial charge on any atom is -0.376 e. The van der Waals surface area contributed by atoms with Crippen molar-refractivity contribution in [3.8, 4) is 0 Å². The summed E-state index contributed by atoms with van der Waals surface area (Å²) in [6.07, 6.45) is 3.15. The Kier molecular flexibility index (Phi) is 6.95. The fourth-order valence-electron chi connectivity index (χ4n) is 2.84. The van der Waals surface area contributed by atoms with Gasteiger partial charge in [-0.25, -0.2) is 0 Å². The van der Waals surface area contributed by atoms with Crippen molar-refractivity contribution in [2.75, 3.05) is 31.6 Å². The average molecular weight is 373 g/mol. The van der Waals surface area contributed by atoms with Crippen molar-refractivity contribution in [3.63, 3.8) is 0 Å². The SMILES string of the molecule is O=C(CN(CC1CCCO1)C(=O)COCc1ccccc1)Nc1ccon1. The molecule has 2 heterocycles. The summed E-state index contributed by atoms with van der Waals surface area (Å²) in [4.78, 5) is 26.3. The molecule has 8 heteroatoms. The first kappa shape index (κ1) is 19.1. The van der Waals surface area contributed by atoms with Crippen LogP contribution in [-0.2, 0) is 25.7 Å². The van der Waals surface area contributed by atoms with Gasteiger partial charge in [0.2, 0.25) is 11.8 Å². The number of nitrogens with one attached hydrogen (secondary N) is 1. The van der Waals surface area contributed by atoms with Crippen LogP contribution in [0.4, 0.5) is 5.82 Å². The zero-order valence-electron chi connectivity index (χ0n) is 15.0. The van der Waals surface area contributed by atoms with Crippen LogP contribution in [0.1, 0.15) is 18.4 Å². The normalized spacial score (nSPS) is 16.2. The van der Waals surface area contributed by atoms with E-state index in [1.807, 2.05) is 30.3 Å². The molecule has 0 bridgehead atoms. The quantitative estimate of drug-likeness (QED) is 0.721. The first-order valence-corrected chi connectivity index (χ1v) is 8.92. The van der Waals surface area contributed by atoms with Gasteiger partial charge in [-0.15, -0.1) is 0 Å². The van der Waals surface area contributed by atoms with E-state index in [9.17, 15) is 9.59 Å². The third-order valence-electron chi connectivity index (χ3n) is 4.18. The summed E-state index contributed by atoms with van der Waals surface area (Å²) in [7, 11) is 0. The maximum Gasteiger partial charge on any atom is 0.249 e. The van der Waals surface area contributed by atoms with Gasteiger partial charge >= 0.3 is 0 Å². The number of carbonyl (C=O) groups is 2. The summed E-state index contributed by atoms with van der Waals surface area (Å²) >= 11 is 0. The van der Waals surface area contributed by atoms with Gasteiger partial charge in [0.1, 0.15) is 19.4 Å². The molecule has 1 unspecified atom stereocenters. The van der Waals surface area contributed by atoms with Crippen molar-refractivity contribution in [1.29, 1.82) is 0 Å². The van der Waals surface area contributed by atoms with Crippen LogP contribution in [0.3, 0.4) is 0 Å². The molecule has 1 aliphatic rings. The summed E-state index contributed by atoms with van der Waals surface area (Å²) < 4.78 is 15.8. The fourth-order valence-corrected chi connectivity index (χ4v) is 2.84. The van der Waals surface area contributed by atoms with Crippen molar-refractivity contribution in [3.05, 3.63) is 48.2 Å². The van der Waals surface area contributed by atoms with Crippen molar-refractivity contribution in [1.82, 2.24) is 10.1 Å². The van der Waals surface area contributed by atoms with Gasteiger partial charge in [0.05, 0.1) is 12.7 Å². The van der Waals surface area contributed by atoms with E-state index in [-0.39, 0.29) is 31.1 Å². The lowest BCUT2D eigenvalue weighted by Gasteiger charge is -2.24. The zero-order chi connectivity index (χ0) is 18.9. The van der Waals surface area contributed by atoms with E-state index < -0.39 is 0 Å². The number of anilines is 1. The minimum atomic E-state index is -0.349. The third-order valence-corrected chi connectivity index (χ3v) is 4.18. The Bertz CT molecular complexity index is 714. The largest absolute Gasteiger partial charge is 0.376 e. The molecule has 1 atom stereocenters. The predicted molar refractivity (Wildman–Crippen MR) is 96.8 cm³/mol. The lowest BCUT2D eigenvalue weighted by Crippen LogP contribution is -2.44. The first-order chi connectivity index (χ1) is 13.2. The Hall–Kier alpha value is -2.71. The second-order valence-electron chi connectivity index (χ2n) is 6.32. The lowest BCUT2D eigenvalue weighted by molar-refractivity contribution is -0.140. The van der Waals surface area contributed by atoms with Crippen LogP contribution in [-0.4, -0.2) is 54.3 Å². The smallest absolute Gasteiger partial charge is 0.249 e. The molecule has 1 aromatic carbocycles. The Balaban J connectivity index is 1.52. The first-order valence-electron chi connectivity index (χ1n) is 8.92. The van der Waals surface area contributed by atoms with E-state index in [4.69, 9.17) is 9.47 Å². The molecule has 0 spiro atoms. The minimum absolute atomic E-state index is 0.0528. The molecule has 8 nitrogen and oxygen atoms in total. The molecule has 1 fully saturated rings. The number of aromatic nitrogens is 1. The molecule has 1 N–H and O–H groups in total. The van der Waals surface area contributed by atoms with E-state index in [1.54, 1.807) is 0 Å². The Labute approximate surface area is 157 Å². The van der Waals surface area contributed by atoms with Crippen LogP contribution >= 0.6 is 0 Å². The van der Waals surface area contributed by atoms with Crippen molar-refractivity contribution >= 4 is 17.6 Å². The van der Waals surface area contributed by atoms with Gasteiger partial charge in [-0.05, 0) is 18.4 Å². The molecule has 2 aromatic rings. The molecule has 3 rings (SSSR count). The summed E-state index contributed by atoms with van der Waals surface area (Å²) in [6.45, 7) is 1.19. The summed E-state index contributed by atoms with van der Waals surface area (Å²) in [5, 5.41) is 6.23. The van der Waals surface area contributed by atoms with Crippen LogP contribution in [0, 0.1) is 0 Å². The highest BCUT2D eigenvalue weighted by Crippen LogP contribution is 2.14. The number of rotatable bonds is 9. The molecule has 1 aromatic heterocycles. The summed E-state index contributed by atoms with van der Waals surface area (Å²) in [6, 6.07) is 11.1. The number of nitrogens with zero attached hydrogens (tertiary/aromatic N) is 2. The maximum atomic E-state index is 12.6. The molecule has 0 aliphatic carbocycles. The van der Waals surface area contributed by atoms with E-state index >= 15 is 0 Å². The van der Waals surface area contributed by atoms with Crippen LogP contribution in [0.25, 0.3) is 0 Å². The van der Waals surface area contributed by atoms with Crippen LogP contribution in [0.15, 0.2) is 47.2 Å².